The largest absolute Gasteiger partial charge is 0.497 e. The molecule has 2 unspecified atom stereocenters. The molecular formula is C11H15NO6S. The van der Waals surface area contributed by atoms with E-state index in [1.165, 1.54) is 31.4 Å². The number of rotatable bonds is 6. The first-order valence-corrected chi connectivity index (χ1v) is 7.16. The lowest BCUT2D eigenvalue weighted by molar-refractivity contribution is -0.141. The molecule has 0 aliphatic heterocycles. The molecule has 0 saturated carbocycles. The summed E-state index contributed by atoms with van der Waals surface area (Å²) >= 11 is 0. The Balaban J connectivity index is 2.98. The summed E-state index contributed by atoms with van der Waals surface area (Å²) < 4.78 is 29.0. The Hall–Kier alpha value is -1.64. The van der Waals surface area contributed by atoms with Crippen LogP contribution in [0, 0.1) is 0 Å². The molecule has 1 aromatic carbocycles. The maximum Gasteiger partial charge on any atom is 0.324 e. The highest BCUT2D eigenvalue weighted by molar-refractivity contribution is 7.88. The molecule has 1 rings (SSSR count). The van der Waals surface area contributed by atoms with Gasteiger partial charge in [0.25, 0.3) is 0 Å². The zero-order chi connectivity index (χ0) is 14.6. The predicted octanol–water partition coefficient (Wildman–Crippen LogP) is -0.269. The highest BCUT2D eigenvalue weighted by Crippen LogP contribution is 2.20. The standard InChI is InChI=1S/C11H15NO6S/c1-18-8-5-3-7(4-6-8)10(13)9(11(14)15)12-19(2,16)17/h3-6,9-10,12-13H,1-2H3,(H,14,15). The molecule has 0 saturated heterocycles. The Morgan fingerprint density at radius 2 is 1.84 bits per heavy atom. The van der Waals surface area contributed by atoms with Gasteiger partial charge in [0.1, 0.15) is 17.9 Å². The number of benzene rings is 1. The number of hydrogen-bond donors (Lipinski definition) is 3. The number of aliphatic hydroxyl groups is 1. The summed E-state index contributed by atoms with van der Waals surface area (Å²) in [6, 6.07) is 4.35. The fourth-order valence-corrected chi connectivity index (χ4v) is 2.17. The van der Waals surface area contributed by atoms with Gasteiger partial charge in [-0.25, -0.2) is 8.42 Å². The van der Waals surface area contributed by atoms with Crippen molar-refractivity contribution in [3.8, 4) is 5.75 Å². The van der Waals surface area contributed by atoms with Gasteiger partial charge < -0.3 is 14.9 Å². The third kappa shape index (κ3) is 4.51. The molecule has 0 radical (unpaired) electrons. The van der Waals surface area contributed by atoms with E-state index in [0.29, 0.717) is 5.75 Å². The molecule has 0 bridgehead atoms. The van der Waals surface area contributed by atoms with E-state index in [9.17, 15) is 18.3 Å². The number of sulfonamides is 1. The van der Waals surface area contributed by atoms with Crippen LogP contribution in [0.2, 0.25) is 0 Å². The van der Waals surface area contributed by atoms with E-state index in [2.05, 4.69) is 0 Å². The summed E-state index contributed by atoms with van der Waals surface area (Å²) in [4.78, 5) is 11.0. The number of nitrogens with one attached hydrogen (secondary N) is 1. The van der Waals surface area contributed by atoms with E-state index in [-0.39, 0.29) is 5.56 Å². The minimum Gasteiger partial charge on any atom is -0.497 e. The van der Waals surface area contributed by atoms with Gasteiger partial charge in [-0.3, -0.25) is 4.79 Å². The first kappa shape index (κ1) is 15.4. The molecule has 1 aromatic rings. The first-order valence-electron chi connectivity index (χ1n) is 5.26. The zero-order valence-electron chi connectivity index (χ0n) is 10.4. The van der Waals surface area contributed by atoms with Crippen LogP contribution in [0.25, 0.3) is 0 Å². The van der Waals surface area contributed by atoms with Gasteiger partial charge in [0.15, 0.2) is 0 Å². The lowest BCUT2D eigenvalue weighted by atomic mass is 10.0. The molecular weight excluding hydrogens is 274 g/mol. The number of aliphatic hydroxyl groups excluding tert-OH is 1. The number of aliphatic carboxylic acids is 1. The molecule has 19 heavy (non-hydrogen) atoms. The minimum atomic E-state index is -3.75. The van der Waals surface area contributed by atoms with Gasteiger partial charge >= 0.3 is 5.97 Å². The molecule has 0 aliphatic rings. The zero-order valence-corrected chi connectivity index (χ0v) is 11.2. The Morgan fingerprint density at radius 3 is 2.21 bits per heavy atom. The van der Waals surface area contributed by atoms with Crippen molar-refractivity contribution in [2.24, 2.45) is 0 Å². The average Bonchev–Trinajstić information content (AvgIpc) is 2.34. The van der Waals surface area contributed by atoms with Crippen LogP contribution in [0.5, 0.6) is 5.75 Å². The topological polar surface area (TPSA) is 113 Å². The van der Waals surface area contributed by atoms with Gasteiger partial charge in [0.05, 0.1) is 13.4 Å². The van der Waals surface area contributed by atoms with Gasteiger partial charge in [-0.2, -0.15) is 4.72 Å². The molecule has 8 heteroatoms. The summed E-state index contributed by atoms with van der Waals surface area (Å²) in [5, 5.41) is 18.9. The number of carboxylic acids is 1. The number of carbonyl (C=O) groups is 1. The van der Waals surface area contributed by atoms with Crippen molar-refractivity contribution in [3.05, 3.63) is 29.8 Å². The molecule has 0 heterocycles. The Morgan fingerprint density at radius 1 is 1.32 bits per heavy atom. The van der Waals surface area contributed by atoms with Crippen molar-refractivity contribution in [1.82, 2.24) is 4.72 Å². The summed E-state index contributed by atoms with van der Waals surface area (Å²) in [7, 11) is -2.28. The van der Waals surface area contributed by atoms with Crippen molar-refractivity contribution in [2.75, 3.05) is 13.4 Å². The Bertz CT molecular complexity index is 539. The molecule has 2 atom stereocenters. The number of methoxy groups -OCH3 is 1. The van der Waals surface area contributed by atoms with Crippen LogP contribution in [-0.4, -0.2) is 44.0 Å². The SMILES string of the molecule is COc1ccc(C(O)C(NS(C)(=O)=O)C(=O)O)cc1. The fourth-order valence-electron chi connectivity index (χ4n) is 1.47. The molecule has 0 aliphatic carbocycles. The predicted molar refractivity (Wildman–Crippen MR) is 67.4 cm³/mol. The van der Waals surface area contributed by atoms with Crippen molar-refractivity contribution in [1.29, 1.82) is 0 Å². The second-order valence-corrected chi connectivity index (χ2v) is 5.70. The summed E-state index contributed by atoms with van der Waals surface area (Å²) in [5.41, 5.74) is 0.268. The Labute approximate surface area is 110 Å². The quantitative estimate of drug-likeness (QED) is 0.664. The molecule has 0 aromatic heterocycles. The van der Waals surface area contributed by atoms with E-state index in [4.69, 9.17) is 9.84 Å². The summed E-state index contributed by atoms with van der Waals surface area (Å²) in [6.45, 7) is 0. The number of carboxylic acid groups (broad SMARTS) is 1. The maximum atomic E-state index is 11.1. The van der Waals surface area contributed by atoms with Crippen LogP contribution in [-0.2, 0) is 14.8 Å². The average molecular weight is 289 g/mol. The smallest absolute Gasteiger partial charge is 0.324 e. The maximum absolute atomic E-state index is 11.1. The first-order chi connectivity index (χ1) is 8.74. The second-order valence-electron chi connectivity index (χ2n) is 3.92. The lowest BCUT2D eigenvalue weighted by Gasteiger charge is -2.19. The lowest BCUT2D eigenvalue weighted by Crippen LogP contribution is -2.44. The van der Waals surface area contributed by atoms with Gasteiger partial charge in [0, 0.05) is 0 Å². The van der Waals surface area contributed by atoms with Crippen LogP contribution in [0.3, 0.4) is 0 Å². The van der Waals surface area contributed by atoms with Gasteiger partial charge in [-0.05, 0) is 17.7 Å². The van der Waals surface area contributed by atoms with Crippen molar-refractivity contribution < 1.29 is 28.2 Å². The summed E-state index contributed by atoms with van der Waals surface area (Å²) in [6.07, 6.45) is -0.679. The highest BCUT2D eigenvalue weighted by atomic mass is 32.2. The normalized spacial score (nSPS) is 14.7. The van der Waals surface area contributed by atoms with E-state index in [0.717, 1.165) is 6.26 Å². The van der Waals surface area contributed by atoms with E-state index in [1.54, 1.807) is 0 Å². The minimum absolute atomic E-state index is 0.268. The van der Waals surface area contributed by atoms with Crippen molar-refractivity contribution >= 4 is 16.0 Å². The molecule has 0 spiro atoms. The van der Waals surface area contributed by atoms with Crippen molar-refractivity contribution in [2.45, 2.75) is 12.1 Å². The fraction of sp³-hybridized carbons (Fsp3) is 0.364. The van der Waals surface area contributed by atoms with E-state index >= 15 is 0 Å². The van der Waals surface area contributed by atoms with Crippen LogP contribution in [0.4, 0.5) is 0 Å². The van der Waals surface area contributed by atoms with Crippen LogP contribution >= 0.6 is 0 Å². The molecule has 0 amide bonds. The number of hydrogen-bond acceptors (Lipinski definition) is 5. The monoisotopic (exact) mass is 289 g/mol. The van der Waals surface area contributed by atoms with Gasteiger partial charge in [-0.15, -0.1) is 0 Å². The van der Waals surface area contributed by atoms with Crippen LogP contribution < -0.4 is 9.46 Å². The molecule has 3 N–H and O–H groups in total. The highest BCUT2D eigenvalue weighted by Gasteiger charge is 2.30. The second kappa shape index (κ2) is 6.00. The van der Waals surface area contributed by atoms with E-state index in [1.807, 2.05) is 4.72 Å². The number of ether oxygens (including phenoxy) is 1. The molecule has 0 fully saturated rings. The third-order valence-electron chi connectivity index (χ3n) is 2.38. The van der Waals surface area contributed by atoms with Crippen LogP contribution in [0.1, 0.15) is 11.7 Å². The third-order valence-corrected chi connectivity index (χ3v) is 3.06. The van der Waals surface area contributed by atoms with Gasteiger partial charge in [-0.1, -0.05) is 12.1 Å². The Kier molecular flexibility index (Phi) is 4.87. The van der Waals surface area contributed by atoms with Crippen LogP contribution in [0.15, 0.2) is 24.3 Å². The summed E-state index contributed by atoms with van der Waals surface area (Å²) in [5.74, 6) is -0.923. The van der Waals surface area contributed by atoms with E-state index < -0.39 is 28.1 Å². The van der Waals surface area contributed by atoms with Gasteiger partial charge in [0.2, 0.25) is 10.0 Å². The molecule has 7 nitrogen and oxygen atoms in total. The van der Waals surface area contributed by atoms with Crippen molar-refractivity contribution in [3.63, 3.8) is 0 Å². The molecule has 106 valence electrons.